The summed E-state index contributed by atoms with van der Waals surface area (Å²) in [6.45, 7) is 1.92. The SMILES string of the molecule is O=C(O)CCCCc1cn(C2CNC2)nn1. The number of unbranched alkanes of at least 4 members (excludes halogenated alkanes) is 1. The lowest BCUT2D eigenvalue weighted by Gasteiger charge is -2.26. The summed E-state index contributed by atoms with van der Waals surface area (Å²) in [5.74, 6) is -0.732. The Hall–Kier alpha value is -1.43. The summed E-state index contributed by atoms with van der Waals surface area (Å²) >= 11 is 0. The Kier molecular flexibility index (Phi) is 3.51. The molecule has 0 aromatic carbocycles. The second-order valence-corrected chi connectivity index (χ2v) is 4.10. The molecule has 0 unspecified atom stereocenters. The minimum Gasteiger partial charge on any atom is -0.481 e. The van der Waals surface area contributed by atoms with E-state index in [0.717, 1.165) is 31.6 Å². The normalized spacial score (nSPS) is 16.0. The Morgan fingerprint density at radius 2 is 2.38 bits per heavy atom. The second kappa shape index (κ2) is 5.07. The number of carboxylic acid groups (broad SMARTS) is 1. The maximum absolute atomic E-state index is 10.3. The van der Waals surface area contributed by atoms with Gasteiger partial charge < -0.3 is 10.4 Å². The highest BCUT2D eigenvalue weighted by Crippen LogP contribution is 2.11. The first-order valence-electron chi connectivity index (χ1n) is 5.59. The van der Waals surface area contributed by atoms with E-state index in [9.17, 15) is 4.79 Å². The maximum atomic E-state index is 10.3. The molecule has 0 bridgehead atoms. The van der Waals surface area contributed by atoms with E-state index >= 15 is 0 Å². The molecule has 1 aromatic rings. The molecule has 16 heavy (non-hydrogen) atoms. The average Bonchev–Trinajstić information content (AvgIpc) is 2.58. The van der Waals surface area contributed by atoms with Gasteiger partial charge in [0.2, 0.25) is 0 Å². The third kappa shape index (κ3) is 2.79. The van der Waals surface area contributed by atoms with Crippen molar-refractivity contribution in [3.05, 3.63) is 11.9 Å². The number of hydrogen-bond acceptors (Lipinski definition) is 4. The fourth-order valence-corrected chi connectivity index (χ4v) is 1.65. The van der Waals surface area contributed by atoms with E-state index in [0.29, 0.717) is 12.5 Å². The second-order valence-electron chi connectivity index (χ2n) is 4.10. The van der Waals surface area contributed by atoms with Gasteiger partial charge in [-0.1, -0.05) is 5.21 Å². The highest BCUT2D eigenvalue weighted by atomic mass is 16.4. The molecule has 0 spiro atoms. The van der Waals surface area contributed by atoms with Crippen molar-refractivity contribution >= 4 is 5.97 Å². The maximum Gasteiger partial charge on any atom is 0.303 e. The van der Waals surface area contributed by atoms with Crippen LogP contribution in [0.3, 0.4) is 0 Å². The number of carbonyl (C=O) groups is 1. The van der Waals surface area contributed by atoms with Gasteiger partial charge in [-0.15, -0.1) is 5.10 Å². The van der Waals surface area contributed by atoms with Crippen LogP contribution in [0.25, 0.3) is 0 Å². The van der Waals surface area contributed by atoms with E-state index in [2.05, 4.69) is 15.6 Å². The largest absolute Gasteiger partial charge is 0.481 e. The van der Waals surface area contributed by atoms with Gasteiger partial charge in [-0.25, -0.2) is 4.68 Å². The van der Waals surface area contributed by atoms with Gasteiger partial charge in [0.15, 0.2) is 0 Å². The van der Waals surface area contributed by atoms with Gasteiger partial charge in [0.05, 0.1) is 11.7 Å². The van der Waals surface area contributed by atoms with Gasteiger partial charge in [0.25, 0.3) is 0 Å². The van der Waals surface area contributed by atoms with Gasteiger partial charge >= 0.3 is 5.97 Å². The molecular formula is C10H16N4O2. The van der Waals surface area contributed by atoms with Crippen LogP contribution in [-0.4, -0.2) is 39.2 Å². The Morgan fingerprint density at radius 3 is 3.00 bits per heavy atom. The van der Waals surface area contributed by atoms with Crippen LogP contribution in [0.15, 0.2) is 6.20 Å². The predicted molar refractivity (Wildman–Crippen MR) is 57.1 cm³/mol. The highest BCUT2D eigenvalue weighted by Gasteiger charge is 2.19. The van der Waals surface area contributed by atoms with Crippen molar-refractivity contribution in [3.8, 4) is 0 Å². The summed E-state index contributed by atoms with van der Waals surface area (Å²) in [6.07, 6.45) is 4.57. The molecule has 1 aliphatic rings. The van der Waals surface area contributed by atoms with E-state index in [1.165, 1.54) is 0 Å². The highest BCUT2D eigenvalue weighted by molar-refractivity contribution is 5.66. The zero-order valence-corrected chi connectivity index (χ0v) is 9.09. The van der Waals surface area contributed by atoms with Crippen molar-refractivity contribution < 1.29 is 9.90 Å². The number of aromatic nitrogens is 3. The van der Waals surface area contributed by atoms with Crippen LogP contribution in [0.1, 0.15) is 31.0 Å². The molecular weight excluding hydrogens is 208 g/mol. The van der Waals surface area contributed by atoms with Gasteiger partial charge in [-0.2, -0.15) is 0 Å². The van der Waals surface area contributed by atoms with Crippen LogP contribution in [0.2, 0.25) is 0 Å². The molecule has 2 rings (SSSR count). The van der Waals surface area contributed by atoms with Gasteiger partial charge in [-0.05, 0) is 19.3 Å². The van der Waals surface area contributed by atoms with Gasteiger partial charge in [-0.3, -0.25) is 4.79 Å². The van der Waals surface area contributed by atoms with E-state index in [1.807, 2.05) is 10.9 Å². The quantitative estimate of drug-likeness (QED) is 0.676. The molecule has 0 saturated carbocycles. The van der Waals surface area contributed by atoms with Crippen molar-refractivity contribution in [1.82, 2.24) is 20.3 Å². The van der Waals surface area contributed by atoms with Crippen molar-refractivity contribution in [1.29, 1.82) is 0 Å². The van der Waals surface area contributed by atoms with Gasteiger partial charge in [0, 0.05) is 25.7 Å². The number of nitrogens with zero attached hydrogens (tertiary/aromatic N) is 3. The molecule has 1 fully saturated rings. The number of carboxylic acids is 1. The third-order valence-corrected chi connectivity index (χ3v) is 2.77. The molecule has 6 heteroatoms. The number of aliphatic carboxylic acids is 1. The summed E-state index contributed by atoms with van der Waals surface area (Å²) in [6, 6.07) is 0.445. The smallest absolute Gasteiger partial charge is 0.303 e. The Morgan fingerprint density at radius 1 is 1.56 bits per heavy atom. The van der Waals surface area contributed by atoms with E-state index < -0.39 is 5.97 Å². The monoisotopic (exact) mass is 224 g/mol. The summed E-state index contributed by atoms with van der Waals surface area (Å²) < 4.78 is 1.89. The van der Waals surface area contributed by atoms with Crippen molar-refractivity contribution in [2.45, 2.75) is 31.7 Å². The number of hydrogen-bond donors (Lipinski definition) is 2. The Labute approximate surface area is 93.6 Å². The first-order valence-corrected chi connectivity index (χ1v) is 5.59. The molecule has 0 radical (unpaired) electrons. The zero-order valence-electron chi connectivity index (χ0n) is 9.09. The lowest BCUT2D eigenvalue weighted by molar-refractivity contribution is -0.137. The van der Waals surface area contributed by atoms with Crippen LogP contribution in [0, 0.1) is 0 Å². The molecule has 1 saturated heterocycles. The standard InChI is InChI=1S/C10H16N4O2/c15-10(16)4-2-1-3-8-7-14(13-12-8)9-5-11-6-9/h7,9,11H,1-6H2,(H,15,16). The summed E-state index contributed by atoms with van der Waals surface area (Å²) in [7, 11) is 0. The number of nitrogens with one attached hydrogen (secondary N) is 1. The lowest BCUT2D eigenvalue weighted by atomic mass is 10.1. The topological polar surface area (TPSA) is 80.0 Å². The van der Waals surface area contributed by atoms with Crippen molar-refractivity contribution in [3.63, 3.8) is 0 Å². The molecule has 1 aliphatic heterocycles. The molecule has 0 aliphatic carbocycles. The molecule has 2 N–H and O–H groups in total. The van der Waals surface area contributed by atoms with E-state index in [1.54, 1.807) is 0 Å². The molecule has 88 valence electrons. The first-order chi connectivity index (χ1) is 7.75. The Balaban J connectivity index is 1.72. The molecule has 6 nitrogen and oxygen atoms in total. The fraction of sp³-hybridized carbons (Fsp3) is 0.700. The fourth-order valence-electron chi connectivity index (χ4n) is 1.65. The predicted octanol–water partition coefficient (Wildman–Crippen LogP) is 0.220. The Bertz CT molecular complexity index is 359. The lowest BCUT2D eigenvalue weighted by Crippen LogP contribution is -2.43. The van der Waals surface area contributed by atoms with Crippen LogP contribution >= 0.6 is 0 Å². The van der Waals surface area contributed by atoms with Crippen LogP contribution in [-0.2, 0) is 11.2 Å². The zero-order chi connectivity index (χ0) is 11.4. The molecule has 2 heterocycles. The van der Waals surface area contributed by atoms with Crippen molar-refractivity contribution in [2.75, 3.05) is 13.1 Å². The van der Waals surface area contributed by atoms with Gasteiger partial charge in [0.1, 0.15) is 0 Å². The van der Waals surface area contributed by atoms with E-state index in [4.69, 9.17) is 5.11 Å². The first kappa shape index (κ1) is 11.1. The minimum atomic E-state index is -0.732. The summed E-state index contributed by atoms with van der Waals surface area (Å²) in [5.41, 5.74) is 0.956. The third-order valence-electron chi connectivity index (χ3n) is 2.77. The van der Waals surface area contributed by atoms with Crippen molar-refractivity contribution in [2.24, 2.45) is 0 Å². The minimum absolute atomic E-state index is 0.237. The van der Waals surface area contributed by atoms with Crippen LogP contribution in [0.5, 0.6) is 0 Å². The van der Waals surface area contributed by atoms with E-state index in [-0.39, 0.29) is 6.42 Å². The molecule has 0 amide bonds. The molecule has 1 aromatic heterocycles. The summed E-state index contributed by atoms with van der Waals surface area (Å²) in [5, 5.41) is 19.8. The number of aryl methyl sites for hydroxylation is 1. The average molecular weight is 224 g/mol. The number of rotatable bonds is 6. The molecule has 0 atom stereocenters. The van der Waals surface area contributed by atoms with Crippen LogP contribution < -0.4 is 5.32 Å². The van der Waals surface area contributed by atoms with Crippen LogP contribution in [0.4, 0.5) is 0 Å². The summed E-state index contributed by atoms with van der Waals surface area (Å²) in [4.78, 5) is 10.3.